The van der Waals surface area contributed by atoms with Crippen LogP contribution >= 0.6 is 34.4 Å². The van der Waals surface area contributed by atoms with E-state index >= 15 is 0 Å². The highest BCUT2D eigenvalue weighted by Crippen LogP contribution is 2.40. The normalized spacial score (nSPS) is 19.9. The number of carboxylic acid groups (broad SMARTS) is 1. The number of thiophene rings is 1. The molecule has 34 heavy (non-hydrogen) atoms. The Kier molecular flexibility index (Phi) is 6.85. The molecule has 2 aromatic rings. The van der Waals surface area contributed by atoms with Crippen LogP contribution in [0.25, 0.3) is 0 Å². The van der Waals surface area contributed by atoms with E-state index in [1.807, 2.05) is 0 Å². The summed E-state index contributed by atoms with van der Waals surface area (Å²) in [6.45, 7) is -0.269. The fraction of sp³-hybridized carbons (Fsp3) is 0.263. The van der Waals surface area contributed by atoms with Gasteiger partial charge in [-0.1, -0.05) is 11.2 Å². The predicted octanol–water partition coefficient (Wildman–Crippen LogP) is 0.733. The van der Waals surface area contributed by atoms with Crippen molar-refractivity contribution >= 4 is 69.0 Å². The number of anilines is 1. The lowest BCUT2D eigenvalue weighted by Gasteiger charge is -2.49. The number of amides is 2. The lowest BCUT2D eigenvalue weighted by atomic mass is 10.0. The van der Waals surface area contributed by atoms with E-state index < -0.39 is 35.2 Å². The van der Waals surface area contributed by atoms with E-state index in [-0.39, 0.29) is 40.2 Å². The Morgan fingerprint density at radius 1 is 1.38 bits per heavy atom. The Balaban J connectivity index is 1.47. The van der Waals surface area contributed by atoms with E-state index in [1.54, 1.807) is 17.5 Å². The number of esters is 1. The topological polar surface area (TPSA) is 174 Å². The number of carbonyl (C=O) groups is 4. The number of oxime groups is 1. The maximum Gasteiger partial charge on any atom is 0.352 e. The SMILES string of the molecule is CON=C(C(=O)NC1C(=O)N2C(C(=O)O)=C(COC(=O)c3cccs3)CS[C@@H]12)c1csc(N)n1. The second kappa shape index (κ2) is 9.82. The van der Waals surface area contributed by atoms with Crippen molar-refractivity contribution in [2.24, 2.45) is 5.16 Å². The Morgan fingerprint density at radius 2 is 2.18 bits per heavy atom. The first-order chi connectivity index (χ1) is 16.3. The van der Waals surface area contributed by atoms with Crippen LogP contribution in [0.3, 0.4) is 0 Å². The zero-order valence-electron chi connectivity index (χ0n) is 17.4. The van der Waals surface area contributed by atoms with Crippen LogP contribution in [0.1, 0.15) is 15.4 Å². The fourth-order valence-corrected chi connectivity index (χ4v) is 5.81. The number of aromatic nitrogens is 1. The molecule has 12 nitrogen and oxygen atoms in total. The maximum absolute atomic E-state index is 12.8. The van der Waals surface area contributed by atoms with Gasteiger partial charge < -0.3 is 25.7 Å². The van der Waals surface area contributed by atoms with Gasteiger partial charge >= 0.3 is 11.9 Å². The predicted molar refractivity (Wildman–Crippen MR) is 124 cm³/mol. The van der Waals surface area contributed by atoms with Gasteiger partial charge in [0.25, 0.3) is 11.8 Å². The number of carbonyl (C=O) groups excluding carboxylic acids is 3. The molecule has 0 aliphatic carbocycles. The number of hydrogen-bond acceptors (Lipinski definition) is 12. The molecule has 1 fully saturated rings. The standard InChI is InChI=1S/C19H17N5O7S3/c1-30-23-11(9-7-34-19(20)21-9)14(25)22-12-15(26)24-13(17(27)28)8(6-33-16(12)24)5-31-18(29)10-3-2-4-32-10/h2-4,7,12,16H,5-6H2,1H3,(H2,20,21)(H,22,25)(H,27,28)/t12?,16-/m0/s1. The number of rotatable bonds is 8. The molecule has 4 heterocycles. The maximum atomic E-state index is 12.8. The molecular formula is C19H17N5O7S3. The molecule has 2 atom stereocenters. The molecule has 0 bridgehead atoms. The summed E-state index contributed by atoms with van der Waals surface area (Å²) in [6, 6.07) is 2.31. The van der Waals surface area contributed by atoms with Gasteiger partial charge in [0.05, 0.1) is 0 Å². The summed E-state index contributed by atoms with van der Waals surface area (Å²) < 4.78 is 5.23. The van der Waals surface area contributed by atoms with Gasteiger partial charge in [-0.15, -0.1) is 34.4 Å². The second-order valence-corrected chi connectivity index (χ2v) is 9.81. The van der Waals surface area contributed by atoms with Crippen molar-refractivity contribution in [2.45, 2.75) is 11.4 Å². The molecule has 0 aromatic carbocycles. The Hall–Kier alpha value is -3.43. The molecule has 2 amide bonds. The van der Waals surface area contributed by atoms with Gasteiger partial charge in [-0.25, -0.2) is 14.6 Å². The van der Waals surface area contributed by atoms with Crippen molar-refractivity contribution in [1.82, 2.24) is 15.2 Å². The number of carboxylic acids is 1. The van der Waals surface area contributed by atoms with E-state index in [1.165, 1.54) is 35.6 Å². The van der Waals surface area contributed by atoms with Crippen LogP contribution in [-0.2, 0) is 24.0 Å². The first-order valence-electron chi connectivity index (χ1n) is 9.55. The van der Waals surface area contributed by atoms with Crippen LogP contribution in [0.15, 0.2) is 39.3 Å². The van der Waals surface area contributed by atoms with E-state index in [2.05, 4.69) is 15.5 Å². The minimum absolute atomic E-state index is 0.169. The number of thioether (sulfide) groups is 1. The van der Waals surface area contributed by atoms with Crippen molar-refractivity contribution in [3.8, 4) is 0 Å². The molecule has 178 valence electrons. The zero-order valence-corrected chi connectivity index (χ0v) is 19.9. The number of hydrogen-bond donors (Lipinski definition) is 3. The number of fused-ring (bicyclic) bond motifs is 1. The summed E-state index contributed by atoms with van der Waals surface area (Å²) in [7, 11) is 1.26. The number of nitrogens with one attached hydrogen (secondary N) is 1. The lowest BCUT2D eigenvalue weighted by Crippen LogP contribution is -2.71. The van der Waals surface area contributed by atoms with Crippen LogP contribution in [0.4, 0.5) is 5.13 Å². The van der Waals surface area contributed by atoms with Crippen LogP contribution in [0.2, 0.25) is 0 Å². The molecule has 15 heteroatoms. The van der Waals surface area contributed by atoms with Crippen LogP contribution in [0, 0.1) is 0 Å². The largest absolute Gasteiger partial charge is 0.477 e. The monoisotopic (exact) mass is 523 g/mol. The zero-order chi connectivity index (χ0) is 24.4. The average Bonchev–Trinajstić information content (AvgIpc) is 3.50. The third-order valence-corrected chi connectivity index (χ3v) is 7.66. The number of ether oxygens (including phenoxy) is 1. The molecule has 2 aliphatic rings. The number of β-lactam (4-membered cyclic amide) rings is 1. The van der Waals surface area contributed by atoms with Gasteiger partial charge in [0.15, 0.2) is 10.8 Å². The third kappa shape index (κ3) is 4.49. The molecule has 0 saturated carbocycles. The van der Waals surface area contributed by atoms with Crippen molar-refractivity contribution in [3.63, 3.8) is 0 Å². The molecule has 2 aromatic heterocycles. The smallest absolute Gasteiger partial charge is 0.352 e. The number of nitrogens with two attached hydrogens (primary N) is 1. The summed E-state index contributed by atoms with van der Waals surface area (Å²) in [5, 5.41) is 18.8. The summed E-state index contributed by atoms with van der Waals surface area (Å²) in [5.41, 5.74) is 5.66. The van der Waals surface area contributed by atoms with Gasteiger partial charge in [-0.2, -0.15) is 0 Å². The van der Waals surface area contributed by atoms with E-state index in [4.69, 9.17) is 15.3 Å². The lowest BCUT2D eigenvalue weighted by molar-refractivity contribution is -0.150. The van der Waals surface area contributed by atoms with Crippen molar-refractivity contribution in [2.75, 3.05) is 25.2 Å². The summed E-state index contributed by atoms with van der Waals surface area (Å²) in [5.74, 6) is -3.04. The summed E-state index contributed by atoms with van der Waals surface area (Å²) >= 11 is 3.56. The first kappa shape index (κ1) is 23.7. The number of aliphatic carboxylic acids is 1. The van der Waals surface area contributed by atoms with Crippen molar-refractivity contribution < 1.29 is 33.9 Å². The molecule has 1 unspecified atom stereocenters. The first-order valence-corrected chi connectivity index (χ1v) is 12.4. The molecule has 4 rings (SSSR count). The van der Waals surface area contributed by atoms with Gasteiger partial charge in [-0.05, 0) is 11.4 Å². The van der Waals surface area contributed by atoms with Gasteiger partial charge in [0.1, 0.15) is 41.4 Å². The van der Waals surface area contributed by atoms with Crippen LogP contribution < -0.4 is 11.1 Å². The minimum Gasteiger partial charge on any atom is -0.477 e. The van der Waals surface area contributed by atoms with E-state index in [0.717, 1.165) is 16.2 Å². The van der Waals surface area contributed by atoms with E-state index in [9.17, 15) is 24.3 Å². The quantitative estimate of drug-likeness (QED) is 0.194. The minimum atomic E-state index is -1.33. The van der Waals surface area contributed by atoms with Crippen LogP contribution in [-0.4, -0.2) is 75.3 Å². The molecular weight excluding hydrogens is 506 g/mol. The Morgan fingerprint density at radius 3 is 2.79 bits per heavy atom. The highest BCUT2D eigenvalue weighted by Gasteiger charge is 2.54. The summed E-state index contributed by atoms with van der Waals surface area (Å²) in [4.78, 5) is 59.8. The van der Waals surface area contributed by atoms with Gasteiger partial charge in [0, 0.05) is 16.7 Å². The van der Waals surface area contributed by atoms with Crippen molar-refractivity contribution in [3.05, 3.63) is 44.7 Å². The number of nitrogens with zero attached hydrogens (tertiary/aromatic N) is 3. The highest BCUT2D eigenvalue weighted by atomic mass is 32.2. The number of thiazole rings is 1. The molecule has 1 saturated heterocycles. The molecule has 2 aliphatic heterocycles. The second-order valence-electron chi connectivity index (χ2n) is 6.87. The molecule has 4 N–H and O–H groups in total. The summed E-state index contributed by atoms with van der Waals surface area (Å²) in [6.07, 6.45) is 0. The average molecular weight is 524 g/mol. The van der Waals surface area contributed by atoms with Crippen molar-refractivity contribution in [1.29, 1.82) is 0 Å². The molecule has 0 spiro atoms. The Bertz CT molecular complexity index is 1210. The highest BCUT2D eigenvalue weighted by molar-refractivity contribution is 8.00. The van der Waals surface area contributed by atoms with Gasteiger partial charge in [0.2, 0.25) is 0 Å². The Labute approximate surface area is 204 Å². The third-order valence-electron chi connectivity index (χ3n) is 4.80. The van der Waals surface area contributed by atoms with E-state index in [0.29, 0.717) is 4.88 Å². The number of nitrogen functional groups attached to an aromatic ring is 1. The fourth-order valence-electron chi connectivity index (χ4n) is 3.31. The molecule has 0 radical (unpaired) electrons. The van der Waals surface area contributed by atoms with Crippen LogP contribution in [0.5, 0.6) is 0 Å². The van der Waals surface area contributed by atoms with Gasteiger partial charge in [-0.3, -0.25) is 14.5 Å².